The van der Waals surface area contributed by atoms with Crippen LogP contribution < -0.4 is 10.1 Å². The molecule has 15 heavy (non-hydrogen) atoms. The second kappa shape index (κ2) is 5.26. The molecule has 0 amide bonds. The number of hydrogen-bond donors (Lipinski definition) is 1. The molecule has 0 radical (unpaired) electrons. The van der Waals surface area contributed by atoms with Crippen LogP contribution in [-0.2, 0) is 0 Å². The molecule has 0 bridgehead atoms. The van der Waals surface area contributed by atoms with Gasteiger partial charge in [0.05, 0.1) is 13.2 Å². The number of nitrogens with one attached hydrogen (secondary N) is 1. The van der Waals surface area contributed by atoms with Crippen LogP contribution in [0.4, 0.5) is 5.69 Å². The summed E-state index contributed by atoms with van der Waals surface area (Å²) in [4.78, 5) is 0. The van der Waals surface area contributed by atoms with E-state index in [0.717, 1.165) is 23.4 Å². The zero-order valence-corrected chi connectivity index (χ0v) is 9.37. The predicted molar refractivity (Wildman–Crippen MR) is 61.0 cm³/mol. The highest BCUT2D eigenvalue weighted by atomic mass is 16.5. The molecule has 80 valence electrons. The van der Waals surface area contributed by atoms with Crippen molar-refractivity contribution in [1.82, 2.24) is 0 Å². The van der Waals surface area contributed by atoms with Crippen molar-refractivity contribution in [3.63, 3.8) is 0 Å². The maximum absolute atomic E-state index is 8.82. The Bertz CT molecular complexity index is 368. The van der Waals surface area contributed by atoms with Gasteiger partial charge in [0, 0.05) is 5.69 Å². The van der Waals surface area contributed by atoms with E-state index in [1.54, 1.807) is 7.11 Å². The third-order valence-electron chi connectivity index (χ3n) is 2.30. The zero-order chi connectivity index (χ0) is 11.3. The Morgan fingerprint density at radius 2 is 2.27 bits per heavy atom. The number of nitrogens with zero attached hydrogens (tertiary/aromatic N) is 1. The molecule has 0 saturated carbocycles. The number of benzene rings is 1. The second-order valence-corrected chi connectivity index (χ2v) is 3.42. The standard InChI is InChI=1S/C12H16N2O/c1-4-10(8-13)14-11-5-6-12(15-3)9(2)7-11/h5-7,10,14H,4H2,1-3H3. The average molecular weight is 204 g/mol. The fraction of sp³-hybridized carbons (Fsp3) is 0.417. The number of anilines is 1. The summed E-state index contributed by atoms with van der Waals surface area (Å²) in [6.45, 7) is 3.97. The molecule has 3 heteroatoms. The van der Waals surface area contributed by atoms with Crippen molar-refractivity contribution < 1.29 is 4.74 Å². The topological polar surface area (TPSA) is 45.0 Å². The Balaban J connectivity index is 2.80. The van der Waals surface area contributed by atoms with E-state index < -0.39 is 0 Å². The summed E-state index contributed by atoms with van der Waals surface area (Å²) in [7, 11) is 1.65. The maximum Gasteiger partial charge on any atom is 0.121 e. The third-order valence-corrected chi connectivity index (χ3v) is 2.30. The lowest BCUT2D eigenvalue weighted by Gasteiger charge is -2.12. The summed E-state index contributed by atoms with van der Waals surface area (Å²) >= 11 is 0. The van der Waals surface area contributed by atoms with E-state index >= 15 is 0 Å². The van der Waals surface area contributed by atoms with Crippen LogP contribution in [0.3, 0.4) is 0 Å². The first-order valence-electron chi connectivity index (χ1n) is 5.02. The average Bonchev–Trinajstić information content (AvgIpc) is 2.26. The zero-order valence-electron chi connectivity index (χ0n) is 9.37. The number of aryl methyl sites for hydroxylation is 1. The highest BCUT2D eigenvalue weighted by Crippen LogP contribution is 2.21. The van der Waals surface area contributed by atoms with Gasteiger partial charge in [-0.1, -0.05) is 6.92 Å². The van der Waals surface area contributed by atoms with Crippen molar-refractivity contribution in [3.05, 3.63) is 23.8 Å². The van der Waals surface area contributed by atoms with Gasteiger partial charge in [-0.15, -0.1) is 0 Å². The normalized spacial score (nSPS) is 11.6. The lowest BCUT2D eigenvalue weighted by molar-refractivity contribution is 0.412. The number of rotatable bonds is 4. The van der Waals surface area contributed by atoms with Gasteiger partial charge in [0.2, 0.25) is 0 Å². The highest BCUT2D eigenvalue weighted by Gasteiger charge is 2.05. The van der Waals surface area contributed by atoms with Crippen LogP contribution in [0.15, 0.2) is 18.2 Å². The molecule has 0 saturated heterocycles. The molecular formula is C12H16N2O. The highest BCUT2D eigenvalue weighted by molar-refractivity contribution is 5.52. The molecule has 0 aliphatic heterocycles. The van der Waals surface area contributed by atoms with Crippen LogP contribution in [-0.4, -0.2) is 13.2 Å². The number of ether oxygens (including phenoxy) is 1. The van der Waals surface area contributed by atoms with Crippen LogP contribution in [0.5, 0.6) is 5.75 Å². The van der Waals surface area contributed by atoms with Crippen LogP contribution in [0.2, 0.25) is 0 Å². The summed E-state index contributed by atoms with van der Waals surface area (Å²) in [5.74, 6) is 0.866. The number of hydrogen-bond acceptors (Lipinski definition) is 3. The molecule has 1 rings (SSSR count). The van der Waals surface area contributed by atoms with E-state index in [9.17, 15) is 0 Å². The van der Waals surface area contributed by atoms with E-state index in [1.165, 1.54) is 0 Å². The Morgan fingerprint density at radius 1 is 1.53 bits per heavy atom. The molecule has 1 aromatic rings. The van der Waals surface area contributed by atoms with E-state index in [4.69, 9.17) is 10.00 Å². The van der Waals surface area contributed by atoms with Crippen molar-refractivity contribution >= 4 is 5.69 Å². The van der Waals surface area contributed by atoms with Crippen molar-refractivity contribution in [2.75, 3.05) is 12.4 Å². The molecule has 1 aromatic carbocycles. The molecule has 0 fully saturated rings. The van der Waals surface area contributed by atoms with Gasteiger partial charge < -0.3 is 10.1 Å². The lowest BCUT2D eigenvalue weighted by atomic mass is 10.1. The number of nitriles is 1. The monoisotopic (exact) mass is 204 g/mol. The molecule has 1 N–H and O–H groups in total. The fourth-order valence-corrected chi connectivity index (χ4v) is 1.40. The Hall–Kier alpha value is -1.69. The number of methoxy groups -OCH3 is 1. The lowest BCUT2D eigenvalue weighted by Crippen LogP contribution is -2.15. The van der Waals surface area contributed by atoms with Crippen LogP contribution in [0.25, 0.3) is 0 Å². The van der Waals surface area contributed by atoms with Crippen molar-refractivity contribution in [1.29, 1.82) is 5.26 Å². The first kappa shape index (κ1) is 11.4. The van der Waals surface area contributed by atoms with Crippen LogP contribution >= 0.6 is 0 Å². The van der Waals surface area contributed by atoms with Crippen LogP contribution in [0, 0.1) is 18.3 Å². The van der Waals surface area contributed by atoms with E-state index in [0.29, 0.717) is 0 Å². The Morgan fingerprint density at radius 3 is 2.73 bits per heavy atom. The van der Waals surface area contributed by atoms with Gasteiger partial charge in [-0.2, -0.15) is 5.26 Å². The minimum Gasteiger partial charge on any atom is -0.496 e. The van der Waals surface area contributed by atoms with Gasteiger partial charge in [0.1, 0.15) is 11.8 Å². The molecule has 0 heterocycles. The first-order chi connectivity index (χ1) is 7.21. The van der Waals surface area contributed by atoms with Crippen molar-refractivity contribution in [3.8, 4) is 11.8 Å². The van der Waals surface area contributed by atoms with Crippen LogP contribution in [0.1, 0.15) is 18.9 Å². The summed E-state index contributed by atoms with van der Waals surface area (Å²) < 4.78 is 5.16. The Labute approximate surface area is 90.7 Å². The summed E-state index contributed by atoms with van der Waals surface area (Å²) in [6.07, 6.45) is 0.793. The smallest absolute Gasteiger partial charge is 0.121 e. The van der Waals surface area contributed by atoms with Gasteiger partial charge in [0.15, 0.2) is 0 Å². The Kier molecular flexibility index (Phi) is 3.99. The third kappa shape index (κ3) is 2.88. The van der Waals surface area contributed by atoms with E-state index in [1.807, 2.05) is 32.0 Å². The first-order valence-corrected chi connectivity index (χ1v) is 5.02. The van der Waals surface area contributed by atoms with Crippen molar-refractivity contribution in [2.45, 2.75) is 26.3 Å². The minimum absolute atomic E-state index is 0.127. The van der Waals surface area contributed by atoms with Gasteiger partial charge in [-0.25, -0.2) is 0 Å². The van der Waals surface area contributed by atoms with Gasteiger partial charge in [0.25, 0.3) is 0 Å². The van der Waals surface area contributed by atoms with E-state index in [2.05, 4.69) is 11.4 Å². The largest absolute Gasteiger partial charge is 0.496 e. The molecule has 3 nitrogen and oxygen atoms in total. The van der Waals surface area contributed by atoms with Gasteiger partial charge in [-0.05, 0) is 37.1 Å². The van der Waals surface area contributed by atoms with Gasteiger partial charge >= 0.3 is 0 Å². The van der Waals surface area contributed by atoms with Crippen molar-refractivity contribution in [2.24, 2.45) is 0 Å². The molecule has 0 aromatic heterocycles. The molecular weight excluding hydrogens is 188 g/mol. The SMILES string of the molecule is CCC(C#N)Nc1ccc(OC)c(C)c1. The molecule has 0 aliphatic carbocycles. The predicted octanol–water partition coefficient (Wildman–Crippen LogP) is 2.72. The van der Waals surface area contributed by atoms with E-state index in [-0.39, 0.29) is 6.04 Å². The second-order valence-electron chi connectivity index (χ2n) is 3.42. The molecule has 1 atom stereocenters. The molecule has 0 aliphatic rings. The maximum atomic E-state index is 8.82. The molecule has 0 spiro atoms. The fourth-order valence-electron chi connectivity index (χ4n) is 1.40. The quantitative estimate of drug-likeness (QED) is 0.820. The summed E-state index contributed by atoms with van der Waals surface area (Å²) in [5, 5.41) is 12.0. The summed E-state index contributed by atoms with van der Waals surface area (Å²) in [6, 6.07) is 7.89. The molecule has 1 unspecified atom stereocenters. The van der Waals surface area contributed by atoms with Gasteiger partial charge in [-0.3, -0.25) is 0 Å². The minimum atomic E-state index is -0.127. The summed E-state index contributed by atoms with van der Waals surface area (Å²) in [5.41, 5.74) is 2.02.